The maximum absolute atomic E-state index is 12.0. The number of hydrogen-bond acceptors (Lipinski definition) is 5. The van der Waals surface area contributed by atoms with Gasteiger partial charge >= 0.3 is 0 Å². The third-order valence-corrected chi connectivity index (χ3v) is 4.58. The minimum atomic E-state index is 0.0292. The Hall–Kier alpha value is -1.76. The summed E-state index contributed by atoms with van der Waals surface area (Å²) in [6.45, 7) is 4.23. The molecule has 2 aromatic heterocycles. The summed E-state index contributed by atoms with van der Waals surface area (Å²) >= 11 is 1.38. The van der Waals surface area contributed by atoms with E-state index < -0.39 is 0 Å². The quantitative estimate of drug-likeness (QED) is 0.562. The minimum absolute atomic E-state index is 0.0292. The zero-order valence-corrected chi connectivity index (χ0v) is 14.7. The summed E-state index contributed by atoms with van der Waals surface area (Å²) in [5.74, 6) is 1.69. The first kappa shape index (κ1) is 17.6. The van der Waals surface area contributed by atoms with Gasteiger partial charge in [-0.25, -0.2) is 0 Å². The Labute approximate surface area is 141 Å². The van der Waals surface area contributed by atoms with Crippen LogP contribution in [0.1, 0.15) is 39.5 Å². The zero-order chi connectivity index (χ0) is 16.7. The molecule has 0 aliphatic rings. The molecule has 0 saturated carbocycles. The van der Waals surface area contributed by atoms with Crippen molar-refractivity contribution in [3.8, 4) is 11.6 Å². The van der Waals surface area contributed by atoms with E-state index in [1.807, 2.05) is 23.7 Å². The molecule has 2 heterocycles. The maximum atomic E-state index is 12.0. The Bertz CT molecular complexity index is 610. The number of hydrogen-bond donors (Lipinski definition) is 1. The van der Waals surface area contributed by atoms with Crippen molar-refractivity contribution in [2.75, 3.05) is 5.75 Å². The van der Waals surface area contributed by atoms with Crippen molar-refractivity contribution in [3.05, 3.63) is 18.4 Å². The summed E-state index contributed by atoms with van der Waals surface area (Å²) in [7, 11) is 1.87. The number of thioether (sulfide) groups is 1. The normalized spacial score (nSPS) is 12.3. The largest absolute Gasteiger partial charge is 0.461 e. The molecule has 0 spiro atoms. The Morgan fingerprint density at radius 3 is 2.96 bits per heavy atom. The smallest absolute Gasteiger partial charge is 0.230 e. The van der Waals surface area contributed by atoms with Gasteiger partial charge in [-0.05, 0) is 25.5 Å². The van der Waals surface area contributed by atoms with Crippen LogP contribution in [-0.4, -0.2) is 32.5 Å². The summed E-state index contributed by atoms with van der Waals surface area (Å²) < 4.78 is 7.16. The number of rotatable bonds is 9. The van der Waals surface area contributed by atoms with Crippen LogP contribution in [0.2, 0.25) is 0 Å². The van der Waals surface area contributed by atoms with Crippen molar-refractivity contribution in [3.63, 3.8) is 0 Å². The number of aromatic nitrogens is 3. The van der Waals surface area contributed by atoms with Crippen molar-refractivity contribution >= 4 is 17.7 Å². The predicted molar refractivity (Wildman–Crippen MR) is 91.2 cm³/mol. The van der Waals surface area contributed by atoms with Crippen LogP contribution in [0.5, 0.6) is 0 Å². The van der Waals surface area contributed by atoms with Crippen molar-refractivity contribution in [2.45, 2.75) is 50.7 Å². The molecule has 2 aromatic rings. The van der Waals surface area contributed by atoms with E-state index in [9.17, 15) is 4.79 Å². The molecule has 23 heavy (non-hydrogen) atoms. The average Bonchev–Trinajstić information content (AvgIpc) is 3.15. The lowest BCUT2D eigenvalue weighted by atomic mass is 10.1. The maximum Gasteiger partial charge on any atom is 0.230 e. The van der Waals surface area contributed by atoms with E-state index in [2.05, 4.69) is 29.4 Å². The number of nitrogens with one attached hydrogen (secondary N) is 1. The molecule has 0 unspecified atom stereocenters. The van der Waals surface area contributed by atoms with Gasteiger partial charge in [0.05, 0.1) is 12.0 Å². The van der Waals surface area contributed by atoms with Gasteiger partial charge in [0, 0.05) is 13.1 Å². The minimum Gasteiger partial charge on any atom is -0.461 e. The number of unbranched alkanes of at least 4 members (excludes halogenated alkanes) is 2. The second-order valence-corrected chi connectivity index (χ2v) is 6.54. The second kappa shape index (κ2) is 8.76. The average molecular weight is 336 g/mol. The first-order chi connectivity index (χ1) is 11.1. The molecule has 0 bridgehead atoms. The summed E-state index contributed by atoms with van der Waals surface area (Å²) in [5, 5.41) is 12.0. The molecule has 0 aromatic carbocycles. The van der Waals surface area contributed by atoms with Crippen LogP contribution in [0.4, 0.5) is 0 Å². The van der Waals surface area contributed by atoms with Gasteiger partial charge in [0.15, 0.2) is 16.7 Å². The van der Waals surface area contributed by atoms with Gasteiger partial charge < -0.3 is 14.3 Å². The summed E-state index contributed by atoms with van der Waals surface area (Å²) in [6, 6.07) is 3.86. The van der Waals surface area contributed by atoms with Gasteiger partial charge in [-0.15, -0.1) is 10.2 Å². The molecule has 126 valence electrons. The highest BCUT2D eigenvalue weighted by molar-refractivity contribution is 7.99. The Morgan fingerprint density at radius 1 is 1.43 bits per heavy atom. The number of nitrogens with zero attached hydrogens (tertiary/aromatic N) is 3. The molecular formula is C16H24N4O2S. The number of amides is 1. The lowest BCUT2D eigenvalue weighted by Crippen LogP contribution is -2.33. The second-order valence-electron chi connectivity index (χ2n) is 5.60. The van der Waals surface area contributed by atoms with E-state index in [4.69, 9.17) is 4.42 Å². The van der Waals surface area contributed by atoms with E-state index >= 15 is 0 Å². The fourth-order valence-corrected chi connectivity index (χ4v) is 3.00. The van der Waals surface area contributed by atoms with Crippen molar-refractivity contribution < 1.29 is 9.21 Å². The van der Waals surface area contributed by atoms with Crippen molar-refractivity contribution in [1.29, 1.82) is 0 Å². The van der Waals surface area contributed by atoms with Crippen LogP contribution in [0, 0.1) is 0 Å². The predicted octanol–water partition coefficient (Wildman–Crippen LogP) is 3.25. The van der Waals surface area contributed by atoms with Crippen LogP contribution in [0.25, 0.3) is 11.6 Å². The van der Waals surface area contributed by atoms with Crippen LogP contribution < -0.4 is 5.32 Å². The lowest BCUT2D eigenvalue weighted by molar-refractivity contribution is -0.119. The van der Waals surface area contributed by atoms with Gasteiger partial charge in [-0.1, -0.05) is 37.9 Å². The van der Waals surface area contributed by atoms with Crippen LogP contribution in [-0.2, 0) is 11.8 Å². The topological polar surface area (TPSA) is 73.0 Å². The third-order valence-electron chi connectivity index (χ3n) is 3.56. The first-order valence-electron chi connectivity index (χ1n) is 7.97. The third kappa shape index (κ3) is 5.13. The van der Waals surface area contributed by atoms with Crippen LogP contribution >= 0.6 is 11.8 Å². The molecule has 2 rings (SSSR count). The van der Waals surface area contributed by atoms with E-state index in [1.54, 1.807) is 6.26 Å². The highest BCUT2D eigenvalue weighted by Gasteiger charge is 2.15. The molecular weight excluding hydrogens is 312 g/mol. The summed E-state index contributed by atoms with van der Waals surface area (Å²) in [6.07, 6.45) is 6.19. The van der Waals surface area contributed by atoms with E-state index in [0.717, 1.165) is 12.8 Å². The molecule has 7 heteroatoms. The molecule has 0 aliphatic heterocycles. The fraction of sp³-hybridized carbons (Fsp3) is 0.562. The summed E-state index contributed by atoms with van der Waals surface area (Å²) in [4.78, 5) is 12.0. The van der Waals surface area contributed by atoms with Crippen molar-refractivity contribution in [2.24, 2.45) is 7.05 Å². The highest BCUT2D eigenvalue weighted by atomic mass is 32.2. The first-order valence-corrected chi connectivity index (χ1v) is 8.95. The van der Waals surface area contributed by atoms with Crippen LogP contribution in [0.15, 0.2) is 28.0 Å². The van der Waals surface area contributed by atoms with Gasteiger partial charge in [0.25, 0.3) is 0 Å². The van der Waals surface area contributed by atoms with Gasteiger partial charge in [-0.3, -0.25) is 4.79 Å². The zero-order valence-electron chi connectivity index (χ0n) is 13.9. The molecule has 0 saturated heterocycles. The Kier molecular flexibility index (Phi) is 6.70. The van der Waals surface area contributed by atoms with E-state index in [-0.39, 0.29) is 11.9 Å². The molecule has 1 amide bonds. The lowest BCUT2D eigenvalue weighted by Gasteiger charge is -2.13. The number of carbonyl (C=O) groups excluding carboxylic acids is 1. The fourth-order valence-electron chi connectivity index (χ4n) is 2.28. The van der Waals surface area contributed by atoms with E-state index in [0.29, 0.717) is 22.5 Å². The Balaban J connectivity index is 1.81. The van der Waals surface area contributed by atoms with Crippen molar-refractivity contribution in [1.82, 2.24) is 20.1 Å². The summed E-state index contributed by atoms with van der Waals surface area (Å²) in [5.41, 5.74) is 0. The Morgan fingerprint density at radius 2 is 2.26 bits per heavy atom. The molecule has 6 nitrogen and oxygen atoms in total. The van der Waals surface area contributed by atoms with Crippen LogP contribution in [0.3, 0.4) is 0 Å². The SMILES string of the molecule is CCCCC[C@H](C)NC(=O)CSc1nnc(-c2ccco2)n1C. The molecule has 1 N–H and O–H groups in total. The molecule has 0 aliphatic carbocycles. The monoisotopic (exact) mass is 336 g/mol. The number of furan rings is 1. The van der Waals surface area contributed by atoms with E-state index in [1.165, 1.54) is 24.6 Å². The standard InChI is InChI=1S/C16H24N4O2S/c1-4-5-6-8-12(2)17-14(21)11-23-16-19-18-15(20(16)3)13-9-7-10-22-13/h7,9-10,12H,4-6,8,11H2,1-3H3,(H,17,21)/t12-/m0/s1. The van der Waals surface area contributed by atoms with Gasteiger partial charge in [0.1, 0.15) is 0 Å². The van der Waals surface area contributed by atoms with Gasteiger partial charge in [0.2, 0.25) is 5.91 Å². The highest BCUT2D eigenvalue weighted by Crippen LogP contribution is 2.22. The molecule has 1 atom stereocenters. The molecule has 0 radical (unpaired) electrons. The molecule has 0 fully saturated rings. The number of carbonyl (C=O) groups is 1. The van der Waals surface area contributed by atoms with Gasteiger partial charge in [-0.2, -0.15) is 0 Å².